The van der Waals surface area contributed by atoms with Gasteiger partial charge in [-0.1, -0.05) is 50.3 Å². The van der Waals surface area contributed by atoms with Crippen LogP contribution in [0.15, 0.2) is 43.0 Å². The molecule has 3 atom stereocenters. The molecule has 148 valence electrons. The van der Waals surface area contributed by atoms with E-state index >= 15 is 0 Å². The van der Waals surface area contributed by atoms with Crippen molar-refractivity contribution < 1.29 is 19.6 Å². The number of hydrogen-bond acceptors (Lipinski definition) is 4. The van der Waals surface area contributed by atoms with Crippen molar-refractivity contribution in [3.8, 4) is 0 Å². The maximum Gasteiger partial charge on any atom is 0.247 e. The van der Waals surface area contributed by atoms with Crippen molar-refractivity contribution in [1.82, 2.24) is 16.1 Å². The summed E-state index contributed by atoms with van der Waals surface area (Å²) in [6.45, 7) is 7.25. The van der Waals surface area contributed by atoms with E-state index in [-0.39, 0.29) is 18.2 Å². The first-order chi connectivity index (χ1) is 12.8. The molecule has 0 spiro atoms. The molecular weight excluding hydrogens is 346 g/mol. The van der Waals surface area contributed by atoms with Crippen molar-refractivity contribution in [1.29, 1.82) is 0 Å². The Hall–Kier alpha value is -2.67. The van der Waals surface area contributed by atoms with Gasteiger partial charge in [0.15, 0.2) is 0 Å². The third-order valence-corrected chi connectivity index (χ3v) is 4.48. The smallest absolute Gasteiger partial charge is 0.247 e. The third kappa shape index (κ3) is 6.53. The first-order valence-electron chi connectivity index (χ1n) is 8.96. The van der Waals surface area contributed by atoms with Gasteiger partial charge in [-0.2, -0.15) is 0 Å². The lowest BCUT2D eigenvalue weighted by atomic mass is 9.80. The molecule has 1 rings (SSSR count). The van der Waals surface area contributed by atoms with Gasteiger partial charge in [-0.3, -0.25) is 19.6 Å². The third-order valence-electron chi connectivity index (χ3n) is 4.48. The van der Waals surface area contributed by atoms with Gasteiger partial charge in [0.25, 0.3) is 0 Å². The molecule has 1 aromatic rings. The fraction of sp³-hybridized carbons (Fsp3) is 0.450. The van der Waals surface area contributed by atoms with Crippen molar-refractivity contribution in [2.75, 3.05) is 7.05 Å². The van der Waals surface area contributed by atoms with E-state index in [2.05, 4.69) is 17.2 Å². The average Bonchev–Trinajstić information content (AvgIpc) is 2.66. The summed E-state index contributed by atoms with van der Waals surface area (Å²) in [7, 11) is 1.51. The molecule has 0 heterocycles. The molecular formula is C20H29N3O4. The summed E-state index contributed by atoms with van der Waals surface area (Å²) in [5.74, 6) is -3.07. The Kier molecular flexibility index (Phi) is 9.22. The second-order valence-corrected chi connectivity index (χ2v) is 6.74. The number of nitrogens with one attached hydrogen (secondary N) is 3. The van der Waals surface area contributed by atoms with Gasteiger partial charge in [0, 0.05) is 13.5 Å². The number of likely N-dealkylation sites (N-methyl/N-ethyl adjacent to an activating group) is 1. The normalized spacial score (nSPS) is 14.0. The first kappa shape index (κ1) is 22.4. The van der Waals surface area contributed by atoms with Crippen molar-refractivity contribution >= 4 is 17.7 Å². The summed E-state index contributed by atoms with van der Waals surface area (Å²) in [6, 6.07) is 8.58. The minimum atomic E-state index is -0.783. The fourth-order valence-electron chi connectivity index (χ4n) is 3.13. The topological polar surface area (TPSA) is 108 Å². The molecule has 0 aliphatic heterocycles. The largest absolute Gasteiger partial charge is 0.357 e. The minimum absolute atomic E-state index is 0.186. The molecule has 0 radical (unpaired) electrons. The number of hydroxylamine groups is 1. The second-order valence-electron chi connectivity index (χ2n) is 6.74. The summed E-state index contributed by atoms with van der Waals surface area (Å²) in [6.07, 6.45) is 2.09. The monoisotopic (exact) mass is 375 g/mol. The van der Waals surface area contributed by atoms with Gasteiger partial charge in [-0.15, -0.1) is 6.58 Å². The average molecular weight is 375 g/mol. The molecule has 7 heteroatoms. The highest BCUT2D eigenvalue weighted by atomic mass is 16.5. The summed E-state index contributed by atoms with van der Waals surface area (Å²) in [4.78, 5) is 37.3. The minimum Gasteiger partial charge on any atom is -0.357 e. The van der Waals surface area contributed by atoms with Crippen molar-refractivity contribution in [2.24, 2.45) is 17.8 Å². The van der Waals surface area contributed by atoms with E-state index in [0.29, 0.717) is 6.42 Å². The predicted molar refractivity (Wildman–Crippen MR) is 103 cm³/mol. The lowest BCUT2D eigenvalue weighted by Gasteiger charge is -2.29. The van der Waals surface area contributed by atoms with Gasteiger partial charge in [-0.25, -0.2) is 5.48 Å². The molecule has 0 fully saturated rings. The van der Waals surface area contributed by atoms with Gasteiger partial charge >= 0.3 is 0 Å². The number of allylic oxidation sites excluding steroid dienone is 1. The van der Waals surface area contributed by atoms with Crippen LogP contribution in [0.2, 0.25) is 0 Å². The lowest BCUT2D eigenvalue weighted by Crippen LogP contribution is -2.52. The Morgan fingerprint density at radius 1 is 1.11 bits per heavy atom. The van der Waals surface area contributed by atoms with Crippen LogP contribution in [-0.4, -0.2) is 36.0 Å². The Morgan fingerprint density at radius 2 is 1.74 bits per heavy atom. The highest BCUT2D eigenvalue weighted by Gasteiger charge is 2.36. The van der Waals surface area contributed by atoms with Crippen molar-refractivity contribution in [3.05, 3.63) is 48.6 Å². The predicted octanol–water partition coefficient (Wildman–Crippen LogP) is 1.43. The number of benzene rings is 1. The first-order valence-corrected chi connectivity index (χ1v) is 8.96. The molecule has 1 aromatic carbocycles. The van der Waals surface area contributed by atoms with Gasteiger partial charge in [0.05, 0.1) is 11.8 Å². The zero-order chi connectivity index (χ0) is 20.4. The summed E-state index contributed by atoms with van der Waals surface area (Å²) in [5, 5.41) is 14.3. The van der Waals surface area contributed by atoms with E-state index in [4.69, 9.17) is 5.21 Å². The van der Waals surface area contributed by atoms with E-state index in [1.165, 1.54) is 13.1 Å². The molecule has 4 N–H and O–H groups in total. The highest BCUT2D eigenvalue weighted by Crippen LogP contribution is 2.25. The highest BCUT2D eigenvalue weighted by molar-refractivity contribution is 5.91. The molecule has 7 nitrogen and oxygen atoms in total. The van der Waals surface area contributed by atoms with E-state index in [9.17, 15) is 14.4 Å². The molecule has 0 unspecified atom stereocenters. The number of carbonyl (C=O) groups is 3. The van der Waals surface area contributed by atoms with Gasteiger partial charge < -0.3 is 10.6 Å². The molecule has 0 saturated carbocycles. The molecule has 0 saturated heterocycles. The number of carbonyl (C=O) groups excluding carboxylic acids is 3. The summed E-state index contributed by atoms with van der Waals surface area (Å²) < 4.78 is 0. The Balaban J connectivity index is 3.05. The van der Waals surface area contributed by atoms with Crippen molar-refractivity contribution in [2.45, 2.75) is 32.7 Å². The van der Waals surface area contributed by atoms with Crippen LogP contribution in [0, 0.1) is 17.8 Å². The van der Waals surface area contributed by atoms with Crippen LogP contribution < -0.4 is 16.1 Å². The maximum atomic E-state index is 13.0. The van der Waals surface area contributed by atoms with E-state index < -0.39 is 29.7 Å². The maximum absolute atomic E-state index is 13.0. The van der Waals surface area contributed by atoms with Crippen LogP contribution in [0.3, 0.4) is 0 Å². The molecule has 0 aromatic heterocycles. The van der Waals surface area contributed by atoms with Gasteiger partial charge in [-0.05, 0) is 17.9 Å². The van der Waals surface area contributed by atoms with Gasteiger partial charge in [0.2, 0.25) is 17.7 Å². The van der Waals surface area contributed by atoms with Crippen LogP contribution in [0.5, 0.6) is 0 Å². The quantitative estimate of drug-likeness (QED) is 0.282. The Bertz CT molecular complexity index is 646. The van der Waals surface area contributed by atoms with Crippen LogP contribution in [0.4, 0.5) is 0 Å². The van der Waals surface area contributed by atoms with Gasteiger partial charge in [0.1, 0.15) is 6.04 Å². The van der Waals surface area contributed by atoms with Crippen molar-refractivity contribution in [3.63, 3.8) is 0 Å². The molecule has 3 amide bonds. The van der Waals surface area contributed by atoms with Crippen LogP contribution in [-0.2, 0) is 20.8 Å². The van der Waals surface area contributed by atoms with E-state index in [0.717, 1.165) is 5.56 Å². The Labute approximate surface area is 160 Å². The molecule has 0 aliphatic rings. The summed E-state index contributed by atoms with van der Waals surface area (Å²) in [5.41, 5.74) is 2.53. The SMILES string of the molecule is C=CC[C@H](C(=O)NO)[C@H](C(=O)N[C@@H](Cc1ccccc1)C(=O)NC)C(C)C. The van der Waals surface area contributed by atoms with Crippen LogP contribution in [0.25, 0.3) is 0 Å². The second kappa shape index (κ2) is 11.1. The standard InChI is InChI=1S/C20H29N3O4/c1-5-9-15(18(24)23-27)17(13(2)3)20(26)22-16(19(25)21-4)12-14-10-7-6-8-11-14/h5-8,10-11,13,15-17,27H,1,9,12H2,2-4H3,(H,21,25)(H,22,26)(H,23,24)/t15-,16-,17+/m0/s1. The zero-order valence-electron chi connectivity index (χ0n) is 16.1. The van der Waals surface area contributed by atoms with E-state index in [1.54, 1.807) is 5.48 Å². The lowest BCUT2D eigenvalue weighted by molar-refractivity contribution is -0.142. The molecule has 27 heavy (non-hydrogen) atoms. The van der Waals surface area contributed by atoms with E-state index in [1.807, 2.05) is 44.2 Å². The zero-order valence-corrected chi connectivity index (χ0v) is 16.1. The summed E-state index contributed by atoms with van der Waals surface area (Å²) >= 11 is 0. The Morgan fingerprint density at radius 3 is 2.22 bits per heavy atom. The molecule has 0 aliphatic carbocycles. The van der Waals surface area contributed by atoms with Crippen LogP contribution in [0.1, 0.15) is 25.8 Å². The molecule has 0 bridgehead atoms. The van der Waals surface area contributed by atoms with Crippen LogP contribution >= 0.6 is 0 Å². The fourth-order valence-corrected chi connectivity index (χ4v) is 3.13. The number of amides is 3. The number of rotatable bonds is 10. The number of hydrogen-bond donors (Lipinski definition) is 4.